The minimum atomic E-state index is -0.193. The van der Waals surface area contributed by atoms with E-state index in [2.05, 4.69) is 15.4 Å². The molecule has 3 heterocycles. The molecule has 5 rings (SSSR count). The van der Waals surface area contributed by atoms with E-state index in [-0.39, 0.29) is 5.91 Å². The lowest BCUT2D eigenvalue weighted by Crippen LogP contribution is -2.13. The Hall–Kier alpha value is -4.19. The van der Waals surface area contributed by atoms with Crippen LogP contribution in [0.25, 0.3) is 22.6 Å². The lowest BCUT2D eigenvalue weighted by Gasteiger charge is -2.07. The lowest BCUT2D eigenvalue weighted by molar-refractivity contribution is 0.102. The SMILES string of the molecule is Cc1c(C(=O)Nc2cccc(-c3cn4ccccc4n3)c2)cnn1-c1ccccc1. The van der Waals surface area contributed by atoms with Gasteiger partial charge >= 0.3 is 0 Å². The number of amides is 1. The Labute approximate surface area is 173 Å². The van der Waals surface area contributed by atoms with Crippen LogP contribution >= 0.6 is 0 Å². The van der Waals surface area contributed by atoms with Crippen molar-refractivity contribution in [3.05, 3.63) is 103 Å². The molecule has 3 aromatic heterocycles. The Bertz CT molecular complexity index is 1320. The summed E-state index contributed by atoms with van der Waals surface area (Å²) in [4.78, 5) is 17.5. The van der Waals surface area contributed by atoms with Gasteiger partial charge < -0.3 is 9.72 Å². The van der Waals surface area contributed by atoms with Crippen molar-refractivity contribution in [1.82, 2.24) is 19.2 Å². The molecule has 0 radical (unpaired) electrons. The Balaban J connectivity index is 1.41. The molecule has 0 saturated heterocycles. The fourth-order valence-electron chi connectivity index (χ4n) is 3.49. The minimum absolute atomic E-state index is 0.193. The Kier molecular flexibility index (Phi) is 4.37. The monoisotopic (exact) mass is 393 g/mol. The molecule has 0 bridgehead atoms. The molecule has 6 heteroatoms. The molecule has 6 nitrogen and oxygen atoms in total. The van der Waals surface area contributed by atoms with Gasteiger partial charge in [-0.05, 0) is 43.3 Å². The summed E-state index contributed by atoms with van der Waals surface area (Å²) in [6, 6.07) is 23.3. The van der Waals surface area contributed by atoms with Gasteiger partial charge in [-0.1, -0.05) is 36.4 Å². The number of imidazole rings is 1. The second-order valence-electron chi connectivity index (χ2n) is 7.02. The van der Waals surface area contributed by atoms with Crippen molar-refractivity contribution < 1.29 is 4.79 Å². The van der Waals surface area contributed by atoms with Crippen LogP contribution in [0.1, 0.15) is 16.1 Å². The van der Waals surface area contributed by atoms with Gasteiger partial charge in [0.1, 0.15) is 5.65 Å². The van der Waals surface area contributed by atoms with Crippen LogP contribution < -0.4 is 5.32 Å². The first-order valence-electron chi connectivity index (χ1n) is 9.64. The second kappa shape index (κ2) is 7.33. The van der Waals surface area contributed by atoms with Crippen molar-refractivity contribution in [3.63, 3.8) is 0 Å². The maximum atomic E-state index is 12.9. The summed E-state index contributed by atoms with van der Waals surface area (Å²) in [7, 11) is 0. The van der Waals surface area contributed by atoms with Crippen LogP contribution in [0.4, 0.5) is 5.69 Å². The quantitative estimate of drug-likeness (QED) is 0.479. The molecule has 1 amide bonds. The van der Waals surface area contributed by atoms with Crippen molar-refractivity contribution in [1.29, 1.82) is 0 Å². The second-order valence-corrected chi connectivity index (χ2v) is 7.02. The molecule has 0 spiro atoms. The predicted octanol–water partition coefficient (Wildman–Crippen LogP) is 4.75. The summed E-state index contributed by atoms with van der Waals surface area (Å²) in [6.07, 6.45) is 5.54. The molecule has 0 saturated carbocycles. The Morgan fingerprint density at radius 2 is 1.80 bits per heavy atom. The summed E-state index contributed by atoms with van der Waals surface area (Å²) in [6.45, 7) is 1.89. The van der Waals surface area contributed by atoms with Crippen molar-refractivity contribution in [2.24, 2.45) is 0 Å². The molecular formula is C24H19N5O. The van der Waals surface area contributed by atoms with Crippen LogP contribution in [0.15, 0.2) is 91.4 Å². The van der Waals surface area contributed by atoms with E-state index in [1.807, 2.05) is 96.5 Å². The van der Waals surface area contributed by atoms with Gasteiger partial charge in [-0.25, -0.2) is 9.67 Å². The van der Waals surface area contributed by atoms with Crippen LogP contribution in [0.5, 0.6) is 0 Å². The maximum absolute atomic E-state index is 12.9. The van der Waals surface area contributed by atoms with Gasteiger partial charge in [-0.2, -0.15) is 5.10 Å². The maximum Gasteiger partial charge on any atom is 0.259 e. The number of pyridine rings is 1. The summed E-state index contributed by atoms with van der Waals surface area (Å²) in [5.74, 6) is -0.193. The van der Waals surface area contributed by atoms with E-state index in [0.717, 1.165) is 28.3 Å². The number of para-hydroxylation sites is 1. The number of nitrogens with one attached hydrogen (secondary N) is 1. The smallest absolute Gasteiger partial charge is 0.259 e. The van der Waals surface area contributed by atoms with E-state index in [0.29, 0.717) is 11.3 Å². The summed E-state index contributed by atoms with van der Waals surface area (Å²) in [5.41, 5.74) is 5.63. The van der Waals surface area contributed by atoms with E-state index in [1.165, 1.54) is 0 Å². The molecule has 30 heavy (non-hydrogen) atoms. The van der Waals surface area contributed by atoms with Gasteiger partial charge in [0.15, 0.2) is 0 Å². The summed E-state index contributed by atoms with van der Waals surface area (Å²) < 4.78 is 3.74. The molecule has 0 fully saturated rings. The van der Waals surface area contributed by atoms with Crippen molar-refractivity contribution >= 4 is 17.2 Å². The zero-order valence-corrected chi connectivity index (χ0v) is 16.4. The van der Waals surface area contributed by atoms with Crippen LogP contribution in [-0.4, -0.2) is 25.1 Å². The minimum Gasteiger partial charge on any atom is -0.322 e. The van der Waals surface area contributed by atoms with Gasteiger partial charge in [-0.3, -0.25) is 4.79 Å². The molecule has 146 valence electrons. The highest BCUT2D eigenvalue weighted by Crippen LogP contribution is 2.23. The average Bonchev–Trinajstić information content (AvgIpc) is 3.38. The summed E-state index contributed by atoms with van der Waals surface area (Å²) in [5, 5.41) is 7.36. The number of rotatable bonds is 4. The number of carbonyl (C=O) groups is 1. The zero-order valence-electron chi connectivity index (χ0n) is 16.4. The molecule has 0 aliphatic carbocycles. The molecule has 0 aliphatic heterocycles. The average molecular weight is 393 g/mol. The van der Waals surface area contributed by atoms with Gasteiger partial charge in [-0.15, -0.1) is 0 Å². The number of anilines is 1. The van der Waals surface area contributed by atoms with E-state index >= 15 is 0 Å². The lowest BCUT2D eigenvalue weighted by atomic mass is 10.1. The highest BCUT2D eigenvalue weighted by molar-refractivity contribution is 6.05. The fraction of sp³-hybridized carbons (Fsp3) is 0.0417. The predicted molar refractivity (Wildman–Crippen MR) is 117 cm³/mol. The number of nitrogens with zero attached hydrogens (tertiary/aromatic N) is 4. The van der Waals surface area contributed by atoms with E-state index in [1.54, 1.807) is 10.9 Å². The third-order valence-corrected chi connectivity index (χ3v) is 5.04. The van der Waals surface area contributed by atoms with E-state index in [4.69, 9.17) is 0 Å². The third kappa shape index (κ3) is 3.24. The van der Waals surface area contributed by atoms with Crippen LogP contribution in [0.2, 0.25) is 0 Å². The van der Waals surface area contributed by atoms with Gasteiger partial charge in [0, 0.05) is 23.6 Å². The molecule has 2 aromatic carbocycles. The molecule has 0 unspecified atom stereocenters. The van der Waals surface area contributed by atoms with Crippen LogP contribution in [-0.2, 0) is 0 Å². The van der Waals surface area contributed by atoms with Gasteiger partial charge in [0.05, 0.1) is 28.8 Å². The molecule has 0 aliphatic rings. The Morgan fingerprint density at radius 3 is 2.63 bits per heavy atom. The van der Waals surface area contributed by atoms with Gasteiger partial charge in [0.2, 0.25) is 0 Å². The van der Waals surface area contributed by atoms with Crippen molar-refractivity contribution in [2.45, 2.75) is 6.92 Å². The first-order valence-corrected chi connectivity index (χ1v) is 9.64. The standard InChI is InChI=1S/C24H19N5O/c1-17-21(15-25-29(17)20-10-3-2-4-11-20)24(30)26-19-9-7-8-18(14-19)22-16-28-13-6-5-12-23(28)27-22/h2-16H,1H3,(H,26,30). The highest BCUT2D eigenvalue weighted by Gasteiger charge is 2.15. The fourth-order valence-corrected chi connectivity index (χ4v) is 3.49. The van der Waals surface area contributed by atoms with Crippen molar-refractivity contribution in [3.8, 4) is 16.9 Å². The van der Waals surface area contributed by atoms with E-state index in [9.17, 15) is 4.79 Å². The number of benzene rings is 2. The van der Waals surface area contributed by atoms with Gasteiger partial charge in [0.25, 0.3) is 5.91 Å². The molecule has 1 N–H and O–H groups in total. The zero-order chi connectivity index (χ0) is 20.5. The molecule has 0 atom stereocenters. The largest absolute Gasteiger partial charge is 0.322 e. The van der Waals surface area contributed by atoms with E-state index < -0.39 is 0 Å². The normalized spacial score (nSPS) is 11.0. The highest BCUT2D eigenvalue weighted by atomic mass is 16.1. The number of hydrogen-bond acceptors (Lipinski definition) is 3. The summed E-state index contributed by atoms with van der Waals surface area (Å²) >= 11 is 0. The number of carbonyl (C=O) groups excluding carboxylic acids is 1. The first kappa shape index (κ1) is 17.9. The Morgan fingerprint density at radius 1 is 0.967 bits per heavy atom. The number of hydrogen-bond donors (Lipinski definition) is 1. The topological polar surface area (TPSA) is 64.2 Å². The molecular weight excluding hydrogens is 374 g/mol. The first-order chi connectivity index (χ1) is 14.7. The third-order valence-electron chi connectivity index (χ3n) is 5.04. The molecule has 5 aromatic rings. The van der Waals surface area contributed by atoms with Crippen molar-refractivity contribution in [2.75, 3.05) is 5.32 Å². The number of fused-ring (bicyclic) bond motifs is 1. The van der Waals surface area contributed by atoms with Crippen LogP contribution in [0, 0.1) is 6.92 Å². The van der Waals surface area contributed by atoms with Crippen LogP contribution in [0.3, 0.4) is 0 Å². The number of aromatic nitrogens is 4.